The molecule has 0 saturated carbocycles. The molecule has 0 bridgehead atoms. The molecule has 0 unspecified atom stereocenters. The van der Waals surface area contributed by atoms with Crippen molar-refractivity contribution >= 4 is 5.95 Å². The minimum Gasteiger partial charge on any atom is -0.339 e. The van der Waals surface area contributed by atoms with Crippen LogP contribution >= 0.6 is 0 Å². The molecule has 1 rings (SSSR count). The molecule has 0 fully saturated rings. The fourth-order valence-corrected chi connectivity index (χ4v) is 1.39. The lowest BCUT2D eigenvalue weighted by molar-refractivity contribution is 0.463. The van der Waals surface area contributed by atoms with Crippen molar-refractivity contribution in [2.24, 2.45) is 0 Å². The van der Waals surface area contributed by atoms with Crippen LogP contribution in [0.2, 0.25) is 0 Å². The largest absolute Gasteiger partial charge is 0.339 e. The molecule has 17 heavy (non-hydrogen) atoms. The summed E-state index contributed by atoms with van der Waals surface area (Å²) in [5.74, 6) is 0.789. The van der Waals surface area contributed by atoms with E-state index in [-0.39, 0.29) is 5.54 Å². The summed E-state index contributed by atoms with van der Waals surface area (Å²) in [6, 6.07) is 0. The summed E-state index contributed by atoms with van der Waals surface area (Å²) in [5.41, 5.74) is 1.21. The van der Waals surface area contributed by atoms with E-state index >= 15 is 0 Å². The Morgan fingerprint density at radius 2 is 1.82 bits per heavy atom. The van der Waals surface area contributed by atoms with E-state index < -0.39 is 0 Å². The molecule has 0 saturated heterocycles. The number of nitrogens with zero attached hydrogens (tertiary/aromatic N) is 3. The fourth-order valence-electron chi connectivity index (χ4n) is 1.39. The van der Waals surface area contributed by atoms with E-state index in [2.05, 4.69) is 47.9 Å². The summed E-state index contributed by atoms with van der Waals surface area (Å²) >= 11 is 0. The molecule has 0 atom stereocenters. The maximum Gasteiger partial charge on any atom is 0.225 e. The van der Waals surface area contributed by atoms with E-state index in [0.717, 1.165) is 31.0 Å². The Bertz CT molecular complexity index is 332. The second-order valence-corrected chi connectivity index (χ2v) is 4.90. The van der Waals surface area contributed by atoms with Gasteiger partial charge in [-0.1, -0.05) is 13.8 Å². The van der Waals surface area contributed by atoms with Crippen molar-refractivity contribution in [1.82, 2.24) is 15.3 Å². The van der Waals surface area contributed by atoms with Crippen LogP contribution in [-0.2, 0) is 6.54 Å². The van der Waals surface area contributed by atoms with Gasteiger partial charge in [0.05, 0.1) is 0 Å². The third kappa shape index (κ3) is 3.66. The zero-order valence-corrected chi connectivity index (χ0v) is 11.6. The highest BCUT2D eigenvalue weighted by atomic mass is 15.3. The van der Waals surface area contributed by atoms with Crippen LogP contribution < -0.4 is 10.2 Å². The zero-order chi connectivity index (χ0) is 12.9. The first-order valence-electron chi connectivity index (χ1n) is 6.26. The number of hydrogen-bond acceptors (Lipinski definition) is 4. The Hall–Kier alpha value is -1.16. The molecule has 0 aromatic carbocycles. The van der Waals surface area contributed by atoms with Crippen LogP contribution in [0.4, 0.5) is 5.95 Å². The predicted molar refractivity (Wildman–Crippen MR) is 72.2 cm³/mol. The maximum absolute atomic E-state index is 4.42. The maximum atomic E-state index is 4.42. The summed E-state index contributed by atoms with van der Waals surface area (Å²) in [4.78, 5) is 11.0. The van der Waals surface area contributed by atoms with Gasteiger partial charge in [0.25, 0.3) is 0 Å². The Kier molecular flexibility index (Phi) is 4.87. The first-order valence-corrected chi connectivity index (χ1v) is 6.26. The lowest BCUT2D eigenvalue weighted by Crippen LogP contribution is -2.41. The molecule has 0 spiro atoms. The van der Waals surface area contributed by atoms with Gasteiger partial charge in [0, 0.05) is 37.1 Å². The highest BCUT2D eigenvalue weighted by molar-refractivity contribution is 5.32. The summed E-state index contributed by atoms with van der Waals surface area (Å²) in [6.45, 7) is 10.5. The van der Waals surface area contributed by atoms with Crippen LogP contribution in [0, 0.1) is 0 Å². The Labute approximate surface area is 104 Å². The quantitative estimate of drug-likeness (QED) is 0.822. The van der Waals surface area contributed by atoms with Crippen LogP contribution in [0.15, 0.2) is 12.4 Å². The first-order chi connectivity index (χ1) is 8.01. The predicted octanol–water partition coefficient (Wildman–Crippen LogP) is 2.21. The second-order valence-electron chi connectivity index (χ2n) is 4.90. The lowest BCUT2D eigenvalue weighted by Gasteiger charge is -2.34. The minimum atomic E-state index is 0.0865. The number of hydrogen-bond donors (Lipinski definition) is 1. The molecule has 1 aromatic rings. The van der Waals surface area contributed by atoms with E-state index in [4.69, 9.17) is 0 Å². The van der Waals surface area contributed by atoms with Crippen molar-refractivity contribution in [3.63, 3.8) is 0 Å². The Morgan fingerprint density at radius 1 is 1.24 bits per heavy atom. The van der Waals surface area contributed by atoms with E-state index in [1.165, 1.54) is 0 Å². The first kappa shape index (κ1) is 13.9. The lowest BCUT2D eigenvalue weighted by atomic mass is 10.0. The van der Waals surface area contributed by atoms with Crippen molar-refractivity contribution in [3.8, 4) is 0 Å². The van der Waals surface area contributed by atoms with E-state index in [1.54, 1.807) is 0 Å². The van der Waals surface area contributed by atoms with Crippen molar-refractivity contribution in [3.05, 3.63) is 18.0 Å². The van der Waals surface area contributed by atoms with Gasteiger partial charge in [-0.2, -0.15) is 0 Å². The van der Waals surface area contributed by atoms with Crippen LogP contribution in [0.25, 0.3) is 0 Å². The normalized spacial score (nSPS) is 11.6. The van der Waals surface area contributed by atoms with Gasteiger partial charge in [-0.3, -0.25) is 0 Å². The standard InChI is InChI=1S/C13H24N4/c1-6-13(3,4)17(5)12-15-9-11(10-16-12)8-14-7-2/h9-10,14H,6-8H2,1-5H3. The molecule has 1 heterocycles. The third-order valence-corrected chi connectivity index (χ3v) is 3.34. The van der Waals surface area contributed by atoms with Gasteiger partial charge in [-0.15, -0.1) is 0 Å². The topological polar surface area (TPSA) is 41.1 Å². The molecule has 1 N–H and O–H groups in total. The monoisotopic (exact) mass is 236 g/mol. The molecule has 0 radical (unpaired) electrons. The Balaban J connectivity index is 2.73. The van der Waals surface area contributed by atoms with Gasteiger partial charge >= 0.3 is 0 Å². The highest BCUT2D eigenvalue weighted by Crippen LogP contribution is 2.20. The average Bonchev–Trinajstić information content (AvgIpc) is 2.36. The number of anilines is 1. The molecule has 0 aliphatic carbocycles. The molecular formula is C13H24N4. The van der Waals surface area contributed by atoms with Gasteiger partial charge in [-0.05, 0) is 26.8 Å². The molecule has 4 heteroatoms. The zero-order valence-electron chi connectivity index (χ0n) is 11.6. The van der Waals surface area contributed by atoms with Gasteiger partial charge in [0.1, 0.15) is 0 Å². The van der Waals surface area contributed by atoms with Crippen molar-refractivity contribution in [2.75, 3.05) is 18.5 Å². The van der Waals surface area contributed by atoms with Gasteiger partial charge < -0.3 is 10.2 Å². The highest BCUT2D eigenvalue weighted by Gasteiger charge is 2.23. The van der Waals surface area contributed by atoms with Gasteiger partial charge in [0.15, 0.2) is 0 Å². The molecule has 0 aliphatic rings. The van der Waals surface area contributed by atoms with Crippen LogP contribution in [0.5, 0.6) is 0 Å². The molecule has 1 aromatic heterocycles. The molecule has 4 nitrogen and oxygen atoms in total. The van der Waals surface area contributed by atoms with Crippen LogP contribution in [-0.4, -0.2) is 29.1 Å². The van der Waals surface area contributed by atoms with Gasteiger partial charge in [-0.25, -0.2) is 9.97 Å². The summed E-state index contributed by atoms with van der Waals surface area (Å²) in [5, 5.41) is 3.26. The van der Waals surface area contributed by atoms with Crippen LogP contribution in [0.1, 0.15) is 39.7 Å². The third-order valence-electron chi connectivity index (χ3n) is 3.34. The van der Waals surface area contributed by atoms with Crippen molar-refractivity contribution in [1.29, 1.82) is 0 Å². The summed E-state index contributed by atoms with van der Waals surface area (Å²) in [6.07, 6.45) is 4.85. The average molecular weight is 236 g/mol. The number of nitrogens with one attached hydrogen (secondary N) is 1. The number of rotatable bonds is 6. The number of aromatic nitrogens is 2. The van der Waals surface area contributed by atoms with E-state index in [1.807, 2.05) is 19.4 Å². The van der Waals surface area contributed by atoms with Crippen molar-refractivity contribution in [2.45, 2.75) is 46.2 Å². The van der Waals surface area contributed by atoms with E-state index in [9.17, 15) is 0 Å². The smallest absolute Gasteiger partial charge is 0.225 e. The Morgan fingerprint density at radius 3 is 2.29 bits per heavy atom. The summed E-state index contributed by atoms with van der Waals surface area (Å²) in [7, 11) is 2.04. The second kappa shape index (κ2) is 5.96. The molecule has 0 aliphatic heterocycles. The van der Waals surface area contributed by atoms with Crippen LogP contribution in [0.3, 0.4) is 0 Å². The van der Waals surface area contributed by atoms with E-state index in [0.29, 0.717) is 0 Å². The minimum absolute atomic E-state index is 0.0865. The molecule has 96 valence electrons. The summed E-state index contributed by atoms with van der Waals surface area (Å²) < 4.78 is 0. The van der Waals surface area contributed by atoms with Gasteiger partial charge in [0.2, 0.25) is 5.95 Å². The van der Waals surface area contributed by atoms with Crippen molar-refractivity contribution < 1.29 is 0 Å². The fraction of sp³-hybridized carbons (Fsp3) is 0.692. The molecular weight excluding hydrogens is 212 g/mol. The SMILES string of the molecule is CCNCc1cnc(N(C)C(C)(C)CC)nc1. The molecule has 0 amide bonds.